The maximum absolute atomic E-state index is 14.8. The standard InChI is InChI=1S/C23H38FN3O6Si2/c1-13(2)34(14(3)4)31-10-18-20(32-35(33-34,15(5)6)16(7)8)23(29,11-30-18)27-9-17(24)19-21(27)25-12-26-22(19)28/h9,12-16,18,20,29H,10-11H2,1-8H3,(H,25,26,28)/t18-,20-,23-/m1/s1. The number of rotatable bonds is 5. The van der Waals surface area contributed by atoms with Crippen LogP contribution in [0.25, 0.3) is 11.0 Å². The van der Waals surface area contributed by atoms with Gasteiger partial charge in [-0.1, -0.05) is 55.4 Å². The van der Waals surface area contributed by atoms with E-state index in [-0.39, 0.29) is 46.4 Å². The minimum atomic E-state index is -3.06. The van der Waals surface area contributed by atoms with Crippen molar-refractivity contribution in [3.05, 3.63) is 28.7 Å². The van der Waals surface area contributed by atoms with E-state index in [2.05, 4.69) is 65.4 Å². The Morgan fingerprint density at radius 3 is 2.29 bits per heavy atom. The van der Waals surface area contributed by atoms with E-state index in [4.69, 9.17) is 17.7 Å². The van der Waals surface area contributed by atoms with Crippen molar-refractivity contribution >= 4 is 28.2 Å². The molecule has 2 aromatic rings. The molecular weight excluding hydrogens is 489 g/mol. The molecule has 3 atom stereocenters. The van der Waals surface area contributed by atoms with Gasteiger partial charge in [-0.05, 0) is 22.2 Å². The van der Waals surface area contributed by atoms with Crippen LogP contribution < -0.4 is 5.56 Å². The molecular formula is C23H38FN3O6Si2. The summed E-state index contributed by atoms with van der Waals surface area (Å²) in [6.45, 7) is 16.9. The average molecular weight is 528 g/mol. The van der Waals surface area contributed by atoms with Crippen LogP contribution in [0.3, 0.4) is 0 Å². The van der Waals surface area contributed by atoms with Crippen LogP contribution in [0.1, 0.15) is 55.4 Å². The second-order valence-electron chi connectivity index (χ2n) is 11.0. The first-order valence-electron chi connectivity index (χ1n) is 12.4. The molecule has 2 aromatic heterocycles. The zero-order valence-electron chi connectivity index (χ0n) is 21.8. The van der Waals surface area contributed by atoms with Crippen molar-refractivity contribution in [3.8, 4) is 0 Å². The summed E-state index contributed by atoms with van der Waals surface area (Å²) >= 11 is 0. The van der Waals surface area contributed by atoms with Crippen LogP contribution in [-0.4, -0.2) is 62.2 Å². The summed E-state index contributed by atoms with van der Waals surface area (Å²) in [6.07, 6.45) is 0.786. The van der Waals surface area contributed by atoms with Crippen LogP contribution in [0.5, 0.6) is 0 Å². The van der Waals surface area contributed by atoms with Gasteiger partial charge in [-0.2, -0.15) is 0 Å². The molecule has 0 amide bonds. The quantitative estimate of drug-likeness (QED) is 0.569. The van der Waals surface area contributed by atoms with Crippen molar-refractivity contribution in [2.24, 2.45) is 0 Å². The van der Waals surface area contributed by atoms with E-state index in [0.717, 1.165) is 6.20 Å². The van der Waals surface area contributed by atoms with E-state index < -0.39 is 46.4 Å². The molecule has 4 rings (SSSR count). The minimum Gasteiger partial charge on any atom is -0.414 e. The summed E-state index contributed by atoms with van der Waals surface area (Å²) in [5.74, 6) is -0.771. The summed E-state index contributed by atoms with van der Waals surface area (Å²) < 4.78 is 43.0. The molecule has 2 saturated heterocycles. The van der Waals surface area contributed by atoms with E-state index >= 15 is 0 Å². The second-order valence-corrected chi connectivity index (χ2v) is 19.9. The highest BCUT2D eigenvalue weighted by molar-refractivity contribution is 6.84. The molecule has 2 fully saturated rings. The largest absolute Gasteiger partial charge is 0.414 e. The molecule has 0 bridgehead atoms. The predicted octanol–water partition coefficient (Wildman–Crippen LogP) is 3.86. The maximum atomic E-state index is 14.8. The van der Waals surface area contributed by atoms with Crippen LogP contribution in [-0.2, 0) is 23.4 Å². The Morgan fingerprint density at radius 2 is 1.71 bits per heavy atom. The molecule has 0 unspecified atom stereocenters. The number of aliphatic hydroxyl groups is 1. The molecule has 0 saturated carbocycles. The van der Waals surface area contributed by atoms with Crippen molar-refractivity contribution in [2.75, 3.05) is 13.2 Å². The summed E-state index contributed by atoms with van der Waals surface area (Å²) in [6, 6.07) is 0. The van der Waals surface area contributed by atoms with Gasteiger partial charge in [-0.3, -0.25) is 9.36 Å². The lowest BCUT2D eigenvalue weighted by molar-refractivity contribution is -0.113. The van der Waals surface area contributed by atoms with Crippen molar-refractivity contribution in [3.63, 3.8) is 0 Å². The van der Waals surface area contributed by atoms with Gasteiger partial charge in [0.05, 0.1) is 19.5 Å². The van der Waals surface area contributed by atoms with Gasteiger partial charge < -0.3 is 27.8 Å². The van der Waals surface area contributed by atoms with Crippen molar-refractivity contribution < 1.29 is 27.2 Å². The lowest BCUT2D eigenvalue weighted by atomic mass is 10.1. The van der Waals surface area contributed by atoms with Gasteiger partial charge in [-0.15, -0.1) is 0 Å². The Hall–Kier alpha value is -1.42. The Kier molecular flexibility index (Phi) is 6.97. The van der Waals surface area contributed by atoms with Gasteiger partial charge in [0.25, 0.3) is 5.56 Å². The Labute approximate surface area is 207 Å². The molecule has 4 heterocycles. The average Bonchev–Trinajstić information content (AvgIpc) is 3.26. The number of ether oxygens (including phenoxy) is 1. The fraction of sp³-hybridized carbons (Fsp3) is 0.739. The van der Waals surface area contributed by atoms with E-state index in [1.807, 2.05) is 0 Å². The third kappa shape index (κ3) is 3.97. The first-order chi connectivity index (χ1) is 16.3. The highest BCUT2D eigenvalue weighted by Gasteiger charge is 2.63. The number of hydrogen-bond acceptors (Lipinski definition) is 7. The SMILES string of the molecule is CC(C)[Si]1(C(C)C)OC[C@H]2OC[C@](O)(n3cc(F)c4c(=O)[nH]cnc43)[C@@H]2O[Si](C(C)C)(C(C)C)O1. The molecule has 2 aliphatic rings. The second kappa shape index (κ2) is 9.16. The first kappa shape index (κ1) is 26.6. The van der Waals surface area contributed by atoms with Gasteiger partial charge in [0.15, 0.2) is 17.2 Å². The first-order valence-corrected chi connectivity index (χ1v) is 16.3. The molecule has 12 heteroatoms. The number of nitrogens with zero attached hydrogens (tertiary/aromatic N) is 2. The summed E-state index contributed by atoms with van der Waals surface area (Å²) in [5, 5.41) is 11.8. The third-order valence-electron chi connectivity index (χ3n) is 7.59. The monoisotopic (exact) mass is 527 g/mol. The van der Waals surface area contributed by atoms with Crippen LogP contribution in [0.15, 0.2) is 17.3 Å². The Bertz CT molecular complexity index is 1120. The number of H-pyrrole nitrogens is 1. The van der Waals surface area contributed by atoms with Gasteiger partial charge >= 0.3 is 17.1 Å². The number of fused-ring (bicyclic) bond motifs is 2. The molecule has 0 spiro atoms. The maximum Gasteiger partial charge on any atom is 0.335 e. The summed E-state index contributed by atoms with van der Waals surface area (Å²) in [7, 11) is -5.82. The number of nitrogens with one attached hydrogen (secondary N) is 1. The highest BCUT2D eigenvalue weighted by atomic mass is 28.5. The van der Waals surface area contributed by atoms with Gasteiger partial charge in [0, 0.05) is 6.20 Å². The summed E-state index contributed by atoms with van der Waals surface area (Å²) in [4.78, 5) is 18.8. The molecule has 2 aliphatic heterocycles. The van der Waals surface area contributed by atoms with Gasteiger partial charge in [0.1, 0.15) is 17.6 Å². The predicted molar refractivity (Wildman–Crippen MR) is 134 cm³/mol. The van der Waals surface area contributed by atoms with E-state index in [1.54, 1.807) is 0 Å². The third-order valence-corrected chi connectivity index (χ3v) is 17.8. The van der Waals surface area contributed by atoms with E-state index in [0.29, 0.717) is 0 Å². The number of aromatic amines is 1. The van der Waals surface area contributed by atoms with E-state index in [1.165, 1.54) is 10.9 Å². The van der Waals surface area contributed by atoms with Crippen molar-refractivity contribution in [2.45, 2.75) is 95.5 Å². The minimum absolute atomic E-state index is 0.0277. The topological polar surface area (TPSA) is 108 Å². The van der Waals surface area contributed by atoms with Crippen molar-refractivity contribution in [1.29, 1.82) is 0 Å². The highest BCUT2D eigenvalue weighted by Crippen LogP contribution is 2.49. The fourth-order valence-corrected chi connectivity index (χ4v) is 16.9. The molecule has 196 valence electrons. The molecule has 0 aliphatic carbocycles. The molecule has 9 nitrogen and oxygen atoms in total. The lowest BCUT2D eigenvalue weighted by Crippen LogP contribution is -2.67. The Morgan fingerprint density at radius 1 is 1.11 bits per heavy atom. The summed E-state index contributed by atoms with van der Waals surface area (Å²) in [5.41, 5.74) is -1.97. The lowest BCUT2D eigenvalue weighted by Gasteiger charge is -2.52. The van der Waals surface area contributed by atoms with Gasteiger partial charge in [0.2, 0.25) is 0 Å². The number of hydrogen-bond donors (Lipinski definition) is 2. The molecule has 0 radical (unpaired) electrons. The number of halogens is 1. The molecule has 35 heavy (non-hydrogen) atoms. The van der Waals surface area contributed by atoms with Crippen LogP contribution in [0.2, 0.25) is 22.2 Å². The fourth-order valence-electron chi connectivity index (χ4n) is 5.66. The van der Waals surface area contributed by atoms with E-state index in [9.17, 15) is 14.3 Å². The molecule has 2 N–H and O–H groups in total. The zero-order valence-corrected chi connectivity index (χ0v) is 23.8. The zero-order chi connectivity index (χ0) is 25.9. The smallest absolute Gasteiger partial charge is 0.335 e. The van der Waals surface area contributed by atoms with Crippen molar-refractivity contribution in [1.82, 2.24) is 14.5 Å². The van der Waals surface area contributed by atoms with Crippen LogP contribution in [0, 0.1) is 5.82 Å². The van der Waals surface area contributed by atoms with Crippen LogP contribution >= 0.6 is 0 Å². The number of aromatic nitrogens is 3. The molecule has 0 aromatic carbocycles. The van der Waals surface area contributed by atoms with Crippen LogP contribution in [0.4, 0.5) is 4.39 Å². The Balaban J connectivity index is 1.88. The van der Waals surface area contributed by atoms with Gasteiger partial charge in [-0.25, -0.2) is 9.37 Å². The normalized spacial score (nSPS) is 28.7.